The number of carbonyl (C=O) groups is 2. The molecule has 7 heteroatoms. The average Bonchev–Trinajstić information content (AvgIpc) is 2.64. The van der Waals surface area contributed by atoms with Crippen LogP contribution in [0.4, 0.5) is 0 Å². The molecular weight excluding hydrogens is 463 g/mol. The van der Waals surface area contributed by atoms with Crippen LogP contribution in [-0.4, -0.2) is 44.9 Å². The first-order chi connectivity index (χ1) is 12.6. The number of thioether (sulfide) groups is 1. The predicted molar refractivity (Wildman–Crippen MR) is 112 cm³/mol. The first-order valence-electron chi connectivity index (χ1n) is 8.45. The van der Waals surface area contributed by atoms with E-state index in [0.29, 0.717) is 18.7 Å². The minimum Gasteiger partial charge on any atom is -0.430 e. The molecule has 5 nitrogen and oxygen atoms in total. The summed E-state index contributed by atoms with van der Waals surface area (Å²) in [5, 5.41) is 3.20. The van der Waals surface area contributed by atoms with Crippen LogP contribution in [0, 0.1) is 0 Å². The molecule has 0 spiro atoms. The topological polar surface area (TPSA) is 58.6 Å². The van der Waals surface area contributed by atoms with Gasteiger partial charge in [0.2, 0.25) is 5.91 Å². The van der Waals surface area contributed by atoms with E-state index in [2.05, 4.69) is 32.8 Å². The van der Waals surface area contributed by atoms with E-state index in [1.165, 1.54) is 6.26 Å². The summed E-state index contributed by atoms with van der Waals surface area (Å²) in [5.74, 6) is 0.493. The van der Waals surface area contributed by atoms with Crippen LogP contribution in [0.25, 0.3) is 0 Å². The van der Waals surface area contributed by atoms with E-state index in [0.717, 1.165) is 21.3 Å². The van der Waals surface area contributed by atoms with Gasteiger partial charge in [-0.2, -0.15) is 0 Å². The second-order valence-corrected chi connectivity index (χ2v) is 8.02. The Morgan fingerprint density at radius 1 is 1.38 bits per heavy atom. The molecule has 1 N–H and O–H groups in total. The van der Waals surface area contributed by atoms with Crippen molar-refractivity contribution in [2.24, 2.45) is 0 Å². The number of alkyl halides is 1. The van der Waals surface area contributed by atoms with Crippen LogP contribution < -0.4 is 5.32 Å². The molecular formula is C19H21IN2O3S. The van der Waals surface area contributed by atoms with Crippen LogP contribution in [-0.2, 0) is 20.7 Å². The first-order valence-corrected chi connectivity index (χ1v) is 11.0. The van der Waals surface area contributed by atoms with E-state index in [1.807, 2.05) is 37.3 Å². The Bertz CT molecular complexity index is 736. The van der Waals surface area contributed by atoms with Crippen molar-refractivity contribution in [3.8, 4) is 0 Å². The summed E-state index contributed by atoms with van der Waals surface area (Å²) in [5.41, 5.74) is 2.76. The number of carbonyl (C=O) groups excluding carboxylic acids is 2. The lowest BCUT2D eigenvalue weighted by molar-refractivity contribution is -0.136. The first kappa shape index (κ1) is 19.3. The summed E-state index contributed by atoms with van der Waals surface area (Å²) in [6, 6.07) is 9.76. The molecule has 1 fully saturated rings. The minimum atomic E-state index is -0.311. The lowest BCUT2D eigenvalue weighted by atomic mass is 10.0. The van der Waals surface area contributed by atoms with E-state index < -0.39 is 0 Å². The third kappa shape index (κ3) is 4.25. The van der Waals surface area contributed by atoms with Crippen molar-refractivity contribution in [2.45, 2.75) is 24.8 Å². The number of fused-ring (bicyclic) bond motifs is 1. The third-order valence-electron chi connectivity index (χ3n) is 4.31. The molecule has 2 aliphatic heterocycles. The zero-order chi connectivity index (χ0) is 18.5. The second-order valence-electron chi connectivity index (χ2n) is 6.15. The van der Waals surface area contributed by atoms with Gasteiger partial charge >= 0.3 is 5.97 Å². The number of hydrogen-bond donors (Lipinski definition) is 1. The van der Waals surface area contributed by atoms with Crippen molar-refractivity contribution >= 4 is 46.2 Å². The van der Waals surface area contributed by atoms with Gasteiger partial charge in [-0.1, -0.05) is 59.0 Å². The Kier molecular flexibility index (Phi) is 6.63. The zero-order valence-electron chi connectivity index (χ0n) is 14.5. The molecule has 138 valence electrons. The van der Waals surface area contributed by atoms with Gasteiger partial charge in [0.1, 0.15) is 5.70 Å². The molecule has 1 saturated heterocycles. The number of ether oxygens (including phenoxy) is 1. The van der Waals surface area contributed by atoms with Gasteiger partial charge in [0.25, 0.3) is 0 Å². The largest absolute Gasteiger partial charge is 0.430 e. The van der Waals surface area contributed by atoms with Gasteiger partial charge < -0.3 is 15.0 Å². The summed E-state index contributed by atoms with van der Waals surface area (Å²) < 4.78 is 5.98. The number of nitrogens with zero attached hydrogens (tertiary/aromatic N) is 1. The molecule has 2 atom stereocenters. The molecule has 0 aliphatic carbocycles. The van der Waals surface area contributed by atoms with Crippen LogP contribution in [0.3, 0.4) is 0 Å². The Morgan fingerprint density at radius 3 is 2.85 bits per heavy atom. The third-order valence-corrected chi connectivity index (χ3v) is 6.68. The highest BCUT2D eigenvalue weighted by Gasteiger charge is 2.46. The molecule has 2 heterocycles. The Labute approximate surface area is 171 Å². The number of nitrogens with one attached hydrogen (secondary N) is 1. The molecule has 0 radical (unpaired) electrons. The number of allylic oxidation sites excluding steroid dienone is 1. The smallest absolute Gasteiger partial charge is 0.359 e. The number of hydrogen-bond acceptors (Lipinski definition) is 5. The second kappa shape index (κ2) is 8.94. The van der Waals surface area contributed by atoms with Gasteiger partial charge in [0.15, 0.2) is 0 Å². The maximum Gasteiger partial charge on any atom is 0.359 e. The zero-order valence-corrected chi connectivity index (χ0v) is 17.5. The highest BCUT2D eigenvalue weighted by molar-refractivity contribution is 14.1. The number of amides is 1. The Balaban J connectivity index is 1.62. The maximum absolute atomic E-state index is 12.4. The molecule has 26 heavy (non-hydrogen) atoms. The van der Waals surface area contributed by atoms with Crippen LogP contribution >= 0.6 is 34.4 Å². The lowest BCUT2D eigenvalue weighted by Gasteiger charge is -2.52. The van der Waals surface area contributed by atoms with Crippen molar-refractivity contribution in [2.75, 3.05) is 16.7 Å². The fourth-order valence-corrected chi connectivity index (χ4v) is 5.44. The monoisotopic (exact) mass is 484 g/mol. The molecule has 2 aliphatic rings. The summed E-state index contributed by atoms with van der Waals surface area (Å²) >= 11 is 4.05. The van der Waals surface area contributed by atoms with E-state index in [-0.39, 0.29) is 23.3 Å². The summed E-state index contributed by atoms with van der Waals surface area (Å²) in [4.78, 5) is 26.8. The number of halogens is 1. The fourth-order valence-electron chi connectivity index (χ4n) is 3.07. The Morgan fingerprint density at radius 2 is 2.15 bits per heavy atom. The quantitative estimate of drug-likeness (QED) is 0.291. The van der Waals surface area contributed by atoms with Crippen molar-refractivity contribution in [3.05, 3.63) is 59.5 Å². The van der Waals surface area contributed by atoms with Crippen LogP contribution in [0.15, 0.2) is 53.9 Å². The number of esters is 1. The molecule has 3 rings (SSSR count). The van der Waals surface area contributed by atoms with Gasteiger partial charge in [-0.15, -0.1) is 11.8 Å². The molecule has 1 aromatic rings. The van der Waals surface area contributed by atoms with Crippen molar-refractivity contribution < 1.29 is 14.3 Å². The van der Waals surface area contributed by atoms with Gasteiger partial charge in [0.05, 0.1) is 24.1 Å². The number of rotatable bonds is 6. The molecule has 2 unspecified atom stereocenters. The van der Waals surface area contributed by atoms with E-state index in [9.17, 15) is 9.59 Å². The lowest BCUT2D eigenvalue weighted by Crippen LogP contribution is -2.66. The molecule has 0 bridgehead atoms. The SMILES string of the molecule is C/C=C/OC(=O)C1=C(CI)CSC2C(NC(=O)Cc3ccccc3)CN12. The average molecular weight is 484 g/mol. The molecule has 0 aromatic heterocycles. The normalized spacial score (nSPS) is 22.0. The van der Waals surface area contributed by atoms with Crippen molar-refractivity contribution in [3.63, 3.8) is 0 Å². The molecule has 1 amide bonds. The molecule has 0 saturated carbocycles. The highest BCUT2D eigenvalue weighted by Crippen LogP contribution is 2.40. The summed E-state index contributed by atoms with van der Waals surface area (Å²) in [6.45, 7) is 2.45. The fraction of sp³-hybridized carbons (Fsp3) is 0.368. The standard InChI is InChI=1S/C19H21IN2O3S/c1-2-8-25-19(24)17-14(10-20)12-26-18-15(11-22(17)18)21-16(23)9-13-6-4-3-5-7-13/h2-8,15,18H,9-12H2,1H3,(H,21,23)/b8-2+. The van der Waals surface area contributed by atoms with E-state index in [4.69, 9.17) is 4.74 Å². The Hall–Kier alpha value is -1.48. The number of benzene rings is 1. The van der Waals surface area contributed by atoms with E-state index >= 15 is 0 Å². The van der Waals surface area contributed by atoms with Gasteiger partial charge in [-0.05, 0) is 18.1 Å². The summed E-state index contributed by atoms with van der Waals surface area (Å²) in [6.07, 6.45) is 3.48. The maximum atomic E-state index is 12.4. The predicted octanol–water partition coefficient (Wildman–Crippen LogP) is 2.87. The van der Waals surface area contributed by atoms with E-state index in [1.54, 1.807) is 17.8 Å². The molecule has 1 aromatic carbocycles. The minimum absolute atomic E-state index is 0.0168. The van der Waals surface area contributed by atoms with Gasteiger partial charge in [0, 0.05) is 16.7 Å². The van der Waals surface area contributed by atoms with Gasteiger partial charge in [-0.25, -0.2) is 4.79 Å². The van der Waals surface area contributed by atoms with Crippen molar-refractivity contribution in [1.29, 1.82) is 0 Å². The van der Waals surface area contributed by atoms with Gasteiger partial charge in [-0.3, -0.25) is 4.79 Å². The van der Waals surface area contributed by atoms with Crippen LogP contribution in [0.2, 0.25) is 0 Å². The summed E-state index contributed by atoms with van der Waals surface area (Å²) in [7, 11) is 0. The van der Waals surface area contributed by atoms with Crippen molar-refractivity contribution in [1.82, 2.24) is 10.2 Å². The van der Waals surface area contributed by atoms with Crippen LogP contribution in [0.5, 0.6) is 0 Å². The van der Waals surface area contributed by atoms with Crippen LogP contribution in [0.1, 0.15) is 12.5 Å². The highest BCUT2D eigenvalue weighted by atomic mass is 127.